The third-order valence-corrected chi connectivity index (χ3v) is 13.3. The second kappa shape index (κ2) is 16.4. The van der Waals surface area contributed by atoms with Crippen LogP contribution in [0, 0.1) is 0 Å². The van der Waals surface area contributed by atoms with Gasteiger partial charge in [0.25, 0.3) is 0 Å². The van der Waals surface area contributed by atoms with Gasteiger partial charge in [-0.05, 0) is 81.7 Å². The molecule has 0 amide bonds. The molecule has 68 heavy (non-hydrogen) atoms. The molecule has 0 saturated carbocycles. The van der Waals surface area contributed by atoms with Crippen molar-refractivity contribution in [1.29, 1.82) is 0 Å². The first kappa shape index (κ1) is 39.3. The molecule has 0 saturated heterocycles. The molecular weight excluding hydrogens is 825 g/mol. The maximum absolute atomic E-state index is 5.44. The number of benzene rings is 9. The highest BCUT2D eigenvalue weighted by Gasteiger charge is 2.22. The summed E-state index contributed by atoms with van der Waals surface area (Å²) in [6, 6.07) is 91.0. The predicted molar refractivity (Wildman–Crippen MR) is 283 cm³/mol. The number of aromatic nitrogens is 4. The maximum Gasteiger partial charge on any atom is 0.101 e. The van der Waals surface area contributed by atoms with Gasteiger partial charge in [0.15, 0.2) is 0 Å². The van der Waals surface area contributed by atoms with Crippen molar-refractivity contribution in [3.8, 4) is 84.1 Å². The average Bonchev–Trinajstić information content (AvgIpc) is 3.99. The topological polar surface area (TPSA) is 35.1 Å². The van der Waals surface area contributed by atoms with Crippen molar-refractivity contribution in [2.75, 3.05) is 0 Å². The second-order valence-corrected chi connectivity index (χ2v) is 17.4. The van der Waals surface area contributed by atoms with Crippen molar-refractivity contribution in [2.45, 2.75) is 0 Å². The van der Waals surface area contributed by atoms with Gasteiger partial charge in [-0.25, -0.2) is 9.50 Å². The lowest BCUT2D eigenvalue weighted by molar-refractivity contribution is 0.979. The Bertz CT molecular complexity index is 3910. The minimum Gasteiger partial charge on any atom is -0.309 e. The summed E-state index contributed by atoms with van der Waals surface area (Å²) in [7, 11) is 0. The van der Waals surface area contributed by atoms with E-state index in [9.17, 15) is 0 Å². The highest BCUT2D eigenvalue weighted by Crippen LogP contribution is 2.42. The van der Waals surface area contributed by atoms with Crippen molar-refractivity contribution in [3.05, 3.63) is 255 Å². The first-order valence-corrected chi connectivity index (χ1v) is 23.1. The zero-order valence-electron chi connectivity index (χ0n) is 37.0. The number of hydrogen-bond donors (Lipinski definition) is 0. The van der Waals surface area contributed by atoms with E-state index in [-0.39, 0.29) is 0 Å². The van der Waals surface area contributed by atoms with Crippen molar-refractivity contribution in [2.24, 2.45) is 0 Å². The van der Waals surface area contributed by atoms with E-state index in [1.54, 1.807) is 0 Å². The van der Waals surface area contributed by atoms with Crippen LogP contribution in [0.1, 0.15) is 0 Å². The van der Waals surface area contributed by atoms with Crippen LogP contribution in [0.5, 0.6) is 0 Å². The molecule has 4 aromatic heterocycles. The highest BCUT2D eigenvalue weighted by molar-refractivity contribution is 6.10. The minimum atomic E-state index is 0.928. The van der Waals surface area contributed by atoms with Gasteiger partial charge in [-0.2, -0.15) is 5.10 Å². The molecule has 4 heterocycles. The summed E-state index contributed by atoms with van der Waals surface area (Å²) < 4.78 is 4.52. The van der Waals surface area contributed by atoms with E-state index in [0.717, 1.165) is 100 Å². The fourth-order valence-corrected chi connectivity index (χ4v) is 10.0. The van der Waals surface area contributed by atoms with Crippen LogP contribution in [0.25, 0.3) is 122 Å². The number of pyridine rings is 2. The summed E-state index contributed by atoms with van der Waals surface area (Å²) in [5.41, 5.74) is 19.6. The quantitative estimate of drug-likeness (QED) is 0.153. The molecule has 0 aliphatic heterocycles. The molecular formula is C64H42N4. The molecule has 0 spiro atoms. The van der Waals surface area contributed by atoms with E-state index < -0.39 is 0 Å². The zero-order chi connectivity index (χ0) is 45.0. The predicted octanol–water partition coefficient (Wildman–Crippen LogP) is 16.6. The third kappa shape index (κ3) is 6.78. The van der Waals surface area contributed by atoms with E-state index in [1.807, 2.05) is 0 Å². The Morgan fingerprint density at radius 2 is 0.779 bits per heavy atom. The first-order valence-electron chi connectivity index (χ1n) is 23.1. The van der Waals surface area contributed by atoms with Gasteiger partial charge in [0, 0.05) is 49.7 Å². The molecule has 13 rings (SSSR count). The van der Waals surface area contributed by atoms with Gasteiger partial charge < -0.3 is 4.57 Å². The summed E-state index contributed by atoms with van der Waals surface area (Å²) in [6.45, 7) is 0. The van der Waals surface area contributed by atoms with E-state index in [0.29, 0.717) is 0 Å². The number of nitrogens with zero attached hydrogens (tertiary/aromatic N) is 4. The molecule has 13 aromatic rings. The van der Waals surface area contributed by atoms with Crippen LogP contribution >= 0.6 is 0 Å². The lowest BCUT2D eigenvalue weighted by atomic mass is 9.94. The largest absolute Gasteiger partial charge is 0.309 e. The van der Waals surface area contributed by atoms with Crippen molar-refractivity contribution < 1.29 is 0 Å². The van der Waals surface area contributed by atoms with E-state index in [4.69, 9.17) is 10.1 Å². The SMILES string of the molecule is c1ccc(-c2cc(-c3ccc(-c4ccc5cc(-c6ccccc6)n6nc(-c7ccccc7)c(-c7ccccc7)c6c5c4)cc3)cc(-c3ccc(-n4c5ccccc5c5ccccc54)cc3)n2)cc1. The highest BCUT2D eigenvalue weighted by atomic mass is 15.2. The Balaban J connectivity index is 0.916. The summed E-state index contributed by atoms with van der Waals surface area (Å²) in [4.78, 5) is 5.27. The van der Waals surface area contributed by atoms with Crippen LogP contribution < -0.4 is 0 Å². The maximum atomic E-state index is 5.44. The summed E-state index contributed by atoms with van der Waals surface area (Å²) in [5, 5.41) is 10.3. The third-order valence-electron chi connectivity index (χ3n) is 13.3. The molecule has 0 fully saturated rings. The molecule has 318 valence electrons. The fourth-order valence-electron chi connectivity index (χ4n) is 10.0. The molecule has 0 unspecified atom stereocenters. The molecule has 4 heteroatoms. The Morgan fingerprint density at radius 3 is 1.38 bits per heavy atom. The first-order chi connectivity index (χ1) is 33.7. The number of rotatable bonds is 8. The molecule has 0 aliphatic rings. The molecule has 0 aliphatic carbocycles. The van der Waals surface area contributed by atoms with E-state index in [2.05, 4.69) is 264 Å². The summed E-state index contributed by atoms with van der Waals surface area (Å²) in [5.74, 6) is 0. The minimum absolute atomic E-state index is 0.928. The zero-order valence-corrected chi connectivity index (χ0v) is 37.0. The molecule has 9 aromatic carbocycles. The van der Waals surface area contributed by atoms with Gasteiger partial charge in [-0.15, -0.1) is 0 Å². The Hall–Kier alpha value is -9.12. The summed E-state index contributed by atoms with van der Waals surface area (Å²) in [6.07, 6.45) is 0. The van der Waals surface area contributed by atoms with Gasteiger partial charge in [-0.3, -0.25) is 0 Å². The Morgan fingerprint density at radius 1 is 0.309 bits per heavy atom. The van der Waals surface area contributed by atoms with Crippen LogP contribution in [0.3, 0.4) is 0 Å². The van der Waals surface area contributed by atoms with Crippen LogP contribution in [0.15, 0.2) is 255 Å². The van der Waals surface area contributed by atoms with E-state index in [1.165, 1.54) is 21.8 Å². The average molecular weight is 867 g/mol. The van der Waals surface area contributed by atoms with Gasteiger partial charge >= 0.3 is 0 Å². The number of fused-ring (bicyclic) bond motifs is 6. The molecule has 0 N–H and O–H groups in total. The van der Waals surface area contributed by atoms with Crippen LogP contribution in [-0.4, -0.2) is 19.2 Å². The molecule has 0 atom stereocenters. The van der Waals surface area contributed by atoms with Gasteiger partial charge in [-0.1, -0.05) is 206 Å². The van der Waals surface area contributed by atoms with Crippen molar-refractivity contribution in [1.82, 2.24) is 19.2 Å². The second-order valence-electron chi connectivity index (χ2n) is 17.4. The fraction of sp³-hybridized carbons (Fsp3) is 0. The standard InChI is InChI=1S/C64H42N4/c1-5-17-45(18-6-1)57-40-52(41-58(65-57)46-35-37-53(38-36-46)67-59-27-15-13-25-54(59)55-26-14-16-28-60(55)67)44-31-29-43(30-32-44)50-33-34-51-42-61(47-19-7-2-8-20-47)68-64(56(51)39-50)62(48-21-9-3-10-22-48)63(66-68)49-23-11-4-12-24-49/h1-42H. The van der Waals surface area contributed by atoms with Crippen LogP contribution in [0.2, 0.25) is 0 Å². The van der Waals surface area contributed by atoms with E-state index >= 15 is 0 Å². The number of hydrogen-bond acceptors (Lipinski definition) is 2. The van der Waals surface area contributed by atoms with Crippen molar-refractivity contribution >= 4 is 38.1 Å². The lowest BCUT2D eigenvalue weighted by Gasteiger charge is -2.13. The summed E-state index contributed by atoms with van der Waals surface area (Å²) >= 11 is 0. The monoisotopic (exact) mass is 866 g/mol. The van der Waals surface area contributed by atoms with Gasteiger partial charge in [0.2, 0.25) is 0 Å². The lowest BCUT2D eigenvalue weighted by Crippen LogP contribution is -1.96. The Labute approximate surface area is 394 Å². The Kier molecular flexibility index (Phi) is 9.47. The smallest absolute Gasteiger partial charge is 0.101 e. The molecule has 4 nitrogen and oxygen atoms in total. The van der Waals surface area contributed by atoms with Gasteiger partial charge in [0.1, 0.15) is 5.69 Å². The normalized spacial score (nSPS) is 11.5. The van der Waals surface area contributed by atoms with Crippen LogP contribution in [0.4, 0.5) is 0 Å². The number of para-hydroxylation sites is 2. The van der Waals surface area contributed by atoms with Crippen LogP contribution in [-0.2, 0) is 0 Å². The molecule has 0 radical (unpaired) electrons. The van der Waals surface area contributed by atoms with Crippen molar-refractivity contribution in [3.63, 3.8) is 0 Å². The van der Waals surface area contributed by atoms with Gasteiger partial charge in [0.05, 0.1) is 33.6 Å². The molecule has 0 bridgehead atoms.